The van der Waals surface area contributed by atoms with Crippen LogP contribution in [0, 0.1) is 0 Å². The number of benzene rings is 3. The van der Waals surface area contributed by atoms with Crippen LogP contribution in [0.4, 0.5) is 0 Å². The summed E-state index contributed by atoms with van der Waals surface area (Å²) in [5.74, 6) is -0.881. The SMILES string of the molecule is OC1(c2ccccc2)Oc2ccc(Cl)cc2-c2ccccc21. The van der Waals surface area contributed by atoms with Crippen molar-refractivity contribution in [3.8, 4) is 16.9 Å². The fraction of sp³-hybridized carbons (Fsp3) is 0.0526. The lowest BCUT2D eigenvalue weighted by Crippen LogP contribution is -2.37. The van der Waals surface area contributed by atoms with Crippen molar-refractivity contribution in [3.63, 3.8) is 0 Å². The van der Waals surface area contributed by atoms with Gasteiger partial charge in [0.1, 0.15) is 5.75 Å². The van der Waals surface area contributed by atoms with Crippen molar-refractivity contribution in [1.29, 1.82) is 0 Å². The summed E-state index contributed by atoms with van der Waals surface area (Å²) in [6.45, 7) is 0. The Morgan fingerprint density at radius 2 is 1.55 bits per heavy atom. The van der Waals surface area contributed by atoms with Crippen molar-refractivity contribution >= 4 is 11.6 Å². The summed E-state index contributed by atoms with van der Waals surface area (Å²) < 4.78 is 5.98. The molecule has 0 amide bonds. The van der Waals surface area contributed by atoms with E-state index in [0.717, 1.165) is 16.7 Å². The highest BCUT2D eigenvalue weighted by Crippen LogP contribution is 2.47. The minimum absolute atomic E-state index is 0.620. The van der Waals surface area contributed by atoms with Crippen molar-refractivity contribution < 1.29 is 9.84 Å². The third-order valence-corrected chi connectivity index (χ3v) is 4.18. The second-order valence-electron chi connectivity index (χ2n) is 5.30. The van der Waals surface area contributed by atoms with E-state index < -0.39 is 5.79 Å². The number of fused-ring (bicyclic) bond motifs is 3. The average molecular weight is 309 g/mol. The minimum Gasteiger partial charge on any atom is -0.453 e. The van der Waals surface area contributed by atoms with E-state index in [-0.39, 0.29) is 0 Å². The van der Waals surface area contributed by atoms with Crippen molar-refractivity contribution in [3.05, 3.63) is 88.9 Å². The van der Waals surface area contributed by atoms with Crippen LogP contribution in [0.3, 0.4) is 0 Å². The maximum Gasteiger partial charge on any atom is 0.262 e. The van der Waals surface area contributed by atoms with Crippen molar-refractivity contribution in [2.45, 2.75) is 5.79 Å². The summed E-state index contributed by atoms with van der Waals surface area (Å²) in [6.07, 6.45) is 0. The minimum atomic E-state index is -1.50. The Balaban J connectivity index is 2.00. The molecule has 4 rings (SSSR count). The van der Waals surface area contributed by atoms with Gasteiger partial charge in [0.25, 0.3) is 5.79 Å². The number of hydrogen-bond donors (Lipinski definition) is 1. The summed E-state index contributed by atoms with van der Waals surface area (Å²) in [4.78, 5) is 0. The van der Waals surface area contributed by atoms with Crippen LogP contribution in [0.5, 0.6) is 5.75 Å². The molecule has 3 aromatic carbocycles. The Morgan fingerprint density at radius 3 is 2.36 bits per heavy atom. The molecule has 1 N–H and O–H groups in total. The second-order valence-corrected chi connectivity index (χ2v) is 5.73. The average Bonchev–Trinajstić information content (AvgIpc) is 2.57. The van der Waals surface area contributed by atoms with Gasteiger partial charge in [-0.15, -0.1) is 0 Å². The van der Waals surface area contributed by atoms with E-state index in [1.54, 1.807) is 12.1 Å². The standard InChI is InChI=1S/C19H13ClO2/c20-14-10-11-18-16(12-14)15-8-4-5-9-17(15)19(21,22-18)13-6-2-1-3-7-13/h1-12,21H. The van der Waals surface area contributed by atoms with Crippen LogP contribution >= 0.6 is 11.6 Å². The Bertz CT molecular complexity index is 845. The summed E-state index contributed by atoms with van der Waals surface area (Å²) in [6, 6.07) is 22.5. The van der Waals surface area contributed by atoms with Crippen molar-refractivity contribution in [2.75, 3.05) is 0 Å². The second kappa shape index (κ2) is 4.87. The number of ether oxygens (including phenoxy) is 1. The first-order chi connectivity index (χ1) is 10.7. The molecule has 1 atom stereocenters. The summed E-state index contributed by atoms with van der Waals surface area (Å²) in [7, 11) is 0. The smallest absolute Gasteiger partial charge is 0.262 e. The molecule has 22 heavy (non-hydrogen) atoms. The highest BCUT2D eigenvalue weighted by Gasteiger charge is 2.40. The topological polar surface area (TPSA) is 29.5 Å². The van der Waals surface area contributed by atoms with Gasteiger partial charge in [-0.25, -0.2) is 0 Å². The first-order valence-electron chi connectivity index (χ1n) is 7.05. The quantitative estimate of drug-likeness (QED) is 0.712. The van der Waals surface area contributed by atoms with Crippen LogP contribution < -0.4 is 4.74 Å². The molecule has 0 spiro atoms. The zero-order chi connectivity index (χ0) is 15.2. The van der Waals surface area contributed by atoms with Crippen LogP contribution in [0.25, 0.3) is 11.1 Å². The number of halogens is 1. The van der Waals surface area contributed by atoms with E-state index in [0.29, 0.717) is 16.3 Å². The third kappa shape index (κ3) is 1.92. The molecular formula is C19H13ClO2. The zero-order valence-corrected chi connectivity index (χ0v) is 12.4. The molecule has 0 aromatic heterocycles. The molecule has 3 heteroatoms. The maximum atomic E-state index is 11.3. The molecule has 1 heterocycles. The van der Waals surface area contributed by atoms with Crippen molar-refractivity contribution in [2.24, 2.45) is 0 Å². The van der Waals surface area contributed by atoms with E-state index in [9.17, 15) is 5.11 Å². The molecule has 1 aliphatic heterocycles. The van der Waals surface area contributed by atoms with E-state index in [1.165, 1.54) is 0 Å². The molecule has 3 aromatic rings. The lowest BCUT2D eigenvalue weighted by molar-refractivity contribution is -0.110. The highest BCUT2D eigenvalue weighted by atomic mass is 35.5. The molecule has 0 aliphatic carbocycles. The van der Waals surface area contributed by atoms with Crippen molar-refractivity contribution in [1.82, 2.24) is 0 Å². The number of hydrogen-bond acceptors (Lipinski definition) is 2. The Labute approximate surface area is 133 Å². The molecule has 0 bridgehead atoms. The van der Waals surface area contributed by atoms with Crippen LogP contribution in [0.1, 0.15) is 11.1 Å². The van der Waals surface area contributed by atoms with Crippen LogP contribution in [0.2, 0.25) is 5.02 Å². The fourth-order valence-electron chi connectivity index (χ4n) is 2.91. The summed E-state index contributed by atoms with van der Waals surface area (Å²) >= 11 is 6.11. The van der Waals surface area contributed by atoms with Gasteiger partial charge in [-0.1, -0.05) is 66.2 Å². The van der Waals surface area contributed by atoms with Crippen LogP contribution in [-0.2, 0) is 5.79 Å². The first kappa shape index (κ1) is 13.4. The van der Waals surface area contributed by atoms with E-state index in [4.69, 9.17) is 16.3 Å². The molecule has 0 saturated heterocycles. The first-order valence-corrected chi connectivity index (χ1v) is 7.42. The largest absolute Gasteiger partial charge is 0.453 e. The molecule has 0 saturated carbocycles. The Morgan fingerprint density at radius 1 is 0.818 bits per heavy atom. The summed E-state index contributed by atoms with van der Waals surface area (Å²) in [5.41, 5.74) is 3.24. The molecule has 0 fully saturated rings. The zero-order valence-electron chi connectivity index (χ0n) is 11.7. The number of rotatable bonds is 1. The fourth-order valence-corrected chi connectivity index (χ4v) is 3.08. The lowest BCUT2D eigenvalue weighted by atomic mass is 9.87. The number of aliphatic hydroxyl groups is 1. The lowest BCUT2D eigenvalue weighted by Gasteiger charge is -2.36. The van der Waals surface area contributed by atoms with E-state index in [1.807, 2.05) is 60.7 Å². The molecule has 1 aliphatic rings. The molecule has 2 nitrogen and oxygen atoms in total. The van der Waals surface area contributed by atoms with Gasteiger partial charge < -0.3 is 9.84 Å². The molecular weight excluding hydrogens is 296 g/mol. The Hall–Kier alpha value is -2.29. The van der Waals surface area contributed by atoms with Crippen LogP contribution in [-0.4, -0.2) is 5.11 Å². The highest BCUT2D eigenvalue weighted by molar-refractivity contribution is 6.31. The van der Waals surface area contributed by atoms with Gasteiger partial charge in [-0.2, -0.15) is 0 Å². The van der Waals surface area contributed by atoms with Gasteiger partial charge in [-0.3, -0.25) is 0 Å². The van der Waals surface area contributed by atoms with Gasteiger partial charge in [0.2, 0.25) is 0 Å². The van der Waals surface area contributed by atoms with Crippen LogP contribution in [0.15, 0.2) is 72.8 Å². The van der Waals surface area contributed by atoms with Gasteiger partial charge in [0.15, 0.2) is 0 Å². The Kier molecular flexibility index (Phi) is 2.96. The monoisotopic (exact) mass is 308 g/mol. The normalized spacial score (nSPS) is 19.0. The predicted octanol–water partition coefficient (Wildman–Crippen LogP) is 4.59. The summed E-state index contributed by atoms with van der Waals surface area (Å²) in [5, 5.41) is 11.9. The third-order valence-electron chi connectivity index (χ3n) is 3.95. The van der Waals surface area contributed by atoms with Gasteiger partial charge in [-0.05, 0) is 23.8 Å². The molecule has 108 valence electrons. The predicted molar refractivity (Wildman–Crippen MR) is 87.0 cm³/mol. The van der Waals surface area contributed by atoms with Gasteiger partial charge in [0.05, 0.1) is 0 Å². The van der Waals surface area contributed by atoms with E-state index in [2.05, 4.69) is 0 Å². The molecule has 0 radical (unpaired) electrons. The van der Waals surface area contributed by atoms with Gasteiger partial charge >= 0.3 is 0 Å². The maximum absolute atomic E-state index is 11.3. The molecule has 1 unspecified atom stereocenters. The van der Waals surface area contributed by atoms with E-state index >= 15 is 0 Å². The van der Waals surface area contributed by atoms with Gasteiger partial charge in [0, 0.05) is 21.7 Å².